The summed E-state index contributed by atoms with van der Waals surface area (Å²) in [5, 5.41) is 26.1. The van der Waals surface area contributed by atoms with E-state index in [1.807, 2.05) is 0 Å². The summed E-state index contributed by atoms with van der Waals surface area (Å²) in [5.41, 5.74) is 6.69. The number of methoxy groups -OCH3 is 2. The molecule has 0 radical (unpaired) electrons. The smallest absolute Gasteiger partial charge is 0.401 e. The first-order valence-corrected chi connectivity index (χ1v) is 5.22. The molecule has 1 aromatic carbocycles. The number of hydroxylamine groups is 1. The highest BCUT2D eigenvalue weighted by atomic mass is 16.6. The molecular weight excluding hydrogens is 270 g/mol. The molecule has 1 rings (SSSR count). The van der Waals surface area contributed by atoms with E-state index < -0.39 is 16.7 Å². The molecule has 0 spiro atoms. The molecule has 0 aliphatic heterocycles. The molecule has 1 aromatic rings. The Morgan fingerprint density at radius 2 is 2.10 bits per heavy atom. The Kier molecular flexibility index (Phi) is 5.23. The van der Waals surface area contributed by atoms with Gasteiger partial charge in [0.05, 0.1) is 19.3 Å². The number of nitrogens with one attached hydrogen (secondary N) is 1. The van der Waals surface area contributed by atoms with Crippen molar-refractivity contribution in [3.05, 3.63) is 33.9 Å². The average Bonchev–Trinajstić information content (AvgIpc) is 2.46. The van der Waals surface area contributed by atoms with Crippen molar-refractivity contribution in [1.29, 1.82) is 0 Å². The number of para-hydroxylation sites is 1. The lowest BCUT2D eigenvalue weighted by Crippen LogP contribution is -2.28. The Hall–Kier alpha value is -2.88. The van der Waals surface area contributed by atoms with Crippen LogP contribution in [0.4, 0.5) is 0 Å². The summed E-state index contributed by atoms with van der Waals surface area (Å²) in [6.07, 6.45) is 0. The summed E-state index contributed by atoms with van der Waals surface area (Å²) in [6, 6.07) is 4.53. The average molecular weight is 283 g/mol. The van der Waals surface area contributed by atoms with Gasteiger partial charge in [-0.1, -0.05) is 6.07 Å². The van der Waals surface area contributed by atoms with Gasteiger partial charge < -0.3 is 25.3 Å². The summed E-state index contributed by atoms with van der Waals surface area (Å²) in [4.78, 5) is 10.3. The minimum atomic E-state index is -0.758. The van der Waals surface area contributed by atoms with Gasteiger partial charge in [0.15, 0.2) is 11.5 Å². The van der Waals surface area contributed by atoms with Crippen molar-refractivity contribution < 1.29 is 19.6 Å². The van der Waals surface area contributed by atoms with Crippen LogP contribution in [0, 0.1) is 10.1 Å². The van der Waals surface area contributed by atoms with Crippen LogP contribution >= 0.6 is 0 Å². The molecule has 0 bridgehead atoms. The third kappa shape index (κ3) is 3.32. The fraction of sp³-hybridized carbons (Fsp3) is 0.200. The zero-order valence-corrected chi connectivity index (χ0v) is 10.7. The zero-order chi connectivity index (χ0) is 15.1. The third-order valence-electron chi connectivity index (χ3n) is 2.18. The van der Waals surface area contributed by atoms with E-state index in [0.717, 1.165) is 0 Å². The van der Waals surface area contributed by atoms with Crippen LogP contribution in [0.15, 0.2) is 28.4 Å². The van der Waals surface area contributed by atoms with Crippen LogP contribution in [0.2, 0.25) is 0 Å². The number of guanidine groups is 1. The first-order valence-electron chi connectivity index (χ1n) is 5.22. The summed E-state index contributed by atoms with van der Waals surface area (Å²) in [7, 11) is 2.74. The molecular formula is C10H13N5O5. The van der Waals surface area contributed by atoms with Crippen LogP contribution < -0.4 is 20.7 Å². The largest absolute Gasteiger partial charge is 0.493 e. The fourth-order valence-corrected chi connectivity index (χ4v) is 1.38. The standard InChI is InChI=1S/C10H13N5O5/c1-19-7-5-3-4-6(8(7)20-2)9(15(17)18)12-13-10(11)14-16/h3-5,16H,1-2H3,(H3,11,13,14). The maximum atomic E-state index is 11.1. The number of nitrogens with two attached hydrogens (primary N) is 1. The van der Waals surface area contributed by atoms with E-state index in [-0.39, 0.29) is 11.3 Å². The number of benzene rings is 1. The first kappa shape index (κ1) is 15.2. The molecule has 20 heavy (non-hydrogen) atoms. The maximum absolute atomic E-state index is 11.1. The quantitative estimate of drug-likeness (QED) is 0.303. The second-order valence-corrected chi connectivity index (χ2v) is 3.32. The number of hydrogen-bond acceptors (Lipinski definition) is 7. The van der Waals surface area contributed by atoms with E-state index in [2.05, 4.69) is 10.2 Å². The van der Waals surface area contributed by atoms with Crippen molar-refractivity contribution in [3.63, 3.8) is 0 Å². The predicted molar refractivity (Wildman–Crippen MR) is 69.6 cm³/mol. The molecule has 0 saturated heterocycles. The Bertz CT molecular complexity index is 557. The maximum Gasteiger partial charge on any atom is 0.401 e. The van der Waals surface area contributed by atoms with Crippen LogP contribution in [-0.2, 0) is 0 Å². The lowest BCUT2D eigenvalue weighted by atomic mass is 10.1. The van der Waals surface area contributed by atoms with Gasteiger partial charge in [-0.15, -0.1) is 0 Å². The van der Waals surface area contributed by atoms with Gasteiger partial charge in [0.1, 0.15) is 5.56 Å². The van der Waals surface area contributed by atoms with Gasteiger partial charge in [-0.05, 0) is 17.1 Å². The second-order valence-electron chi connectivity index (χ2n) is 3.32. The van der Waals surface area contributed by atoms with E-state index in [4.69, 9.17) is 20.4 Å². The molecule has 0 fully saturated rings. The molecule has 0 aliphatic rings. The third-order valence-corrected chi connectivity index (χ3v) is 2.18. The molecule has 108 valence electrons. The SMILES string of the molecule is COc1cccc(C(=NN=C(N)NO)[N+](=O)[O-])c1OC. The molecule has 0 saturated carbocycles. The van der Waals surface area contributed by atoms with Gasteiger partial charge in [-0.2, -0.15) is 0 Å². The van der Waals surface area contributed by atoms with Crippen molar-refractivity contribution in [3.8, 4) is 11.5 Å². The van der Waals surface area contributed by atoms with Crippen molar-refractivity contribution in [1.82, 2.24) is 5.48 Å². The molecule has 0 aromatic heterocycles. The number of amidine groups is 1. The number of nitrogens with zero attached hydrogens (tertiary/aromatic N) is 3. The number of ether oxygens (including phenoxy) is 2. The Morgan fingerprint density at radius 1 is 1.40 bits per heavy atom. The molecule has 0 amide bonds. The highest BCUT2D eigenvalue weighted by molar-refractivity contribution is 5.96. The van der Waals surface area contributed by atoms with E-state index in [0.29, 0.717) is 5.75 Å². The molecule has 0 heterocycles. The van der Waals surface area contributed by atoms with Crippen LogP contribution in [0.1, 0.15) is 5.56 Å². The molecule has 0 aliphatic carbocycles. The van der Waals surface area contributed by atoms with Gasteiger partial charge in [0, 0.05) is 5.10 Å². The number of hydrogen-bond donors (Lipinski definition) is 3. The highest BCUT2D eigenvalue weighted by Crippen LogP contribution is 2.31. The predicted octanol–water partition coefficient (Wildman–Crippen LogP) is -0.0644. The normalized spacial score (nSPS) is 11.9. The lowest BCUT2D eigenvalue weighted by molar-refractivity contribution is -0.349. The Balaban J connectivity index is 3.40. The summed E-state index contributed by atoms with van der Waals surface area (Å²) >= 11 is 0. The van der Waals surface area contributed by atoms with E-state index in [1.54, 1.807) is 6.07 Å². The van der Waals surface area contributed by atoms with Crippen LogP contribution in [0.3, 0.4) is 0 Å². The van der Waals surface area contributed by atoms with Gasteiger partial charge in [0.2, 0.25) is 0 Å². The van der Waals surface area contributed by atoms with E-state index in [9.17, 15) is 10.1 Å². The molecule has 0 unspecified atom stereocenters. The van der Waals surface area contributed by atoms with Crippen LogP contribution in [-0.4, -0.2) is 36.1 Å². The highest BCUT2D eigenvalue weighted by Gasteiger charge is 2.24. The minimum Gasteiger partial charge on any atom is -0.493 e. The summed E-state index contributed by atoms with van der Waals surface area (Å²) in [6.45, 7) is 0. The van der Waals surface area contributed by atoms with E-state index in [1.165, 1.54) is 31.8 Å². The van der Waals surface area contributed by atoms with E-state index >= 15 is 0 Å². The molecule has 10 heteroatoms. The number of rotatable bonds is 4. The van der Waals surface area contributed by atoms with Crippen molar-refractivity contribution >= 4 is 11.8 Å². The van der Waals surface area contributed by atoms with Gasteiger partial charge in [-0.25, -0.2) is 5.48 Å². The van der Waals surface area contributed by atoms with Crippen molar-refractivity contribution in [2.24, 2.45) is 15.9 Å². The van der Waals surface area contributed by atoms with Crippen molar-refractivity contribution in [2.45, 2.75) is 0 Å². The number of nitro groups is 1. The minimum absolute atomic E-state index is 0.0614. The zero-order valence-electron chi connectivity index (χ0n) is 10.7. The monoisotopic (exact) mass is 283 g/mol. The van der Waals surface area contributed by atoms with Crippen LogP contribution in [0.5, 0.6) is 11.5 Å². The van der Waals surface area contributed by atoms with Crippen molar-refractivity contribution in [2.75, 3.05) is 14.2 Å². The Labute approximate surface area is 113 Å². The molecule has 0 atom stereocenters. The first-order chi connectivity index (χ1) is 9.54. The van der Waals surface area contributed by atoms with Gasteiger partial charge in [-0.3, -0.25) is 5.21 Å². The topological polar surface area (TPSA) is 145 Å². The van der Waals surface area contributed by atoms with Gasteiger partial charge in [0.25, 0.3) is 5.96 Å². The molecule has 10 nitrogen and oxygen atoms in total. The fourth-order valence-electron chi connectivity index (χ4n) is 1.38. The summed E-state index contributed by atoms with van der Waals surface area (Å²) < 4.78 is 10.1. The second kappa shape index (κ2) is 6.89. The Morgan fingerprint density at radius 3 is 2.60 bits per heavy atom. The van der Waals surface area contributed by atoms with Crippen LogP contribution in [0.25, 0.3) is 0 Å². The lowest BCUT2D eigenvalue weighted by Gasteiger charge is -2.09. The van der Waals surface area contributed by atoms with Gasteiger partial charge >= 0.3 is 5.84 Å². The summed E-state index contributed by atoms with van der Waals surface area (Å²) in [5.74, 6) is -0.668. The molecule has 4 N–H and O–H groups in total.